The Hall–Kier alpha value is -2.15. The van der Waals surface area contributed by atoms with Crippen LogP contribution in [0.4, 0.5) is 5.69 Å². The number of carbonyl (C=O) groups is 1. The lowest BCUT2D eigenvalue weighted by Crippen LogP contribution is -2.28. The molecule has 21 heavy (non-hydrogen) atoms. The summed E-state index contributed by atoms with van der Waals surface area (Å²) in [7, 11) is 1.78. The molecule has 0 spiro atoms. The zero-order valence-electron chi connectivity index (χ0n) is 11.5. The molecule has 1 aromatic heterocycles. The lowest BCUT2D eigenvalue weighted by molar-refractivity contribution is -0.384. The van der Waals surface area contributed by atoms with Gasteiger partial charge in [-0.25, -0.2) is 0 Å². The molecule has 0 bridgehead atoms. The van der Waals surface area contributed by atoms with Crippen LogP contribution in [0.1, 0.15) is 29.0 Å². The van der Waals surface area contributed by atoms with E-state index < -0.39 is 4.92 Å². The zero-order valence-corrected chi connectivity index (χ0v) is 13.1. The van der Waals surface area contributed by atoms with Gasteiger partial charge in [-0.05, 0) is 34.5 Å². The van der Waals surface area contributed by atoms with Crippen LogP contribution in [-0.4, -0.2) is 15.4 Å². The van der Waals surface area contributed by atoms with E-state index in [1.54, 1.807) is 42.9 Å². The number of benzene rings is 1. The number of carbonyl (C=O) groups excluding carboxylic acids is 1. The first kappa shape index (κ1) is 15.2. The number of amides is 1. The fourth-order valence-corrected chi connectivity index (χ4v) is 2.54. The monoisotopic (exact) mass is 351 g/mol. The van der Waals surface area contributed by atoms with Gasteiger partial charge >= 0.3 is 0 Å². The predicted octanol–water partition coefficient (Wildman–Crippen LogP) is 3.19. The van der Waals surface area contributed by atoms with Crippen molar-refractivity contribution in [1.29, 1.82) is 0 Å². The zero-order chi connectivity index (χ0) is 15.6. The van der Waals surface area contributed by atoms with Crippen molar-refractivity contribution < 1.29 is 9.72 Å². The van der Waals surface area contributed by atoms with E-state index in [1.807, 2.05) is 0 Å². The van der Waals surface area contributed by atoms with Gasteiger partial charge < -0.3 is 9.88 Å². The molecule has 0 aliphatic rings. The standard InChI is InChI=1S/C14H14BrN3O3/c1-9(10-4-3-5-12(6-10)18(20)21)16-14(19)13-7-11(15)8-17(13)2/h3-9H,1-2H3,(H,16,19). The van der Waals surface area contributed by atoms with Crippen LogP contribution in [0.2, 0.25) is 0 Å². The molecule has 0 radical (unpaired) electrons. The first-order valence-electron chi connectivity index (χ1n) is 6.25. The van der Waals surface area contributed by atoms with Gasteiger partial charge in [0.2, 0.25) is 0 Å². The lowest BCUT2D eigenvalue weighted by atomic mass is 10.1. The van der Waals surface area contributed by atoms with Gasteiger partial charge in [0.15, 0.2) is 0 Å². The van der Waals surface area contributed by atoms with Crippen LogP contribution in [0.15, 0.2) is 41.0 Å². The minimum atomic E-state index is -0.452. The molecule has 1 aromatic carbocycles. The summed E-state index contributed by atoms with van der Waals surface area (Å²) in [5, 5.41) is 13.6. The van der Waals surface area contributed by atoms with Crippen LogP contribution in [0.25, 0.3) is 0 Å². The van der Waals surface area contributed by atoms with Crippen LogP contribution >= 0.6 is 15.9 Å². The van der Waals surface area contributed by atoms with Crippen molar-refractivity contribution in [3.05, 3.63) is 62.4 Å². The Labute approximate surface area is 130 Å². The topological polar surface area (TPSA) is 77.2 Å². The third kappa shape index (κ3) is 3.49. The Kier molecular flexibility index (Phi) is 4.42. The number of nitro benzene ring substituents is 1. The summed E-state index contributed by atoms with van der Waals surface area (Å²) in [5.74, 6) is -0.234. The molecule has 0 saturated heterocycles. The predicted molar refractivity (Wildman–Crippen MR) is 82.1 cm³/mol. The highest BCUT2D eigenvalue weighted by Crippen LogP contribution is 2.20. The Morgan fingerprint density at radius 1 is 1.43 bits per heavy atom. The molecule has 1 heterocycles. The minimum Gasteiger partial charge on any atom is -0.345 e. The highest BCUT2D eigenvalue weighted by Gasteiger charge is 2.16. The third-order valence-electron chi connectivity index (χ3n) is 3.13. The van der Waals surface area contributed by atoms with Crippen molar-refractivity contribution in [3.8, 4) is 0 Å². The van der Waals surface area contributed by atoms with Gasteiger partial charge in [0, 0.05) is 29.8 Å². The second-order valence-corrected chi connectivity index (χ2v) is 5.62. The molecule has 1 atom stereocenters. The number of rotatable bonds is 4. The first-order chi connectivity index (χ1) is 9.88. The number of halogens is 1. The molecule has 2 rings (SSSR count). The lowest BCUT2D eigenvalue weighted by Gasteiger charge is -2.14. The number of non-ortho nitro benzene ring substituents is 1. The van der Waals surface area contributed by atoms with Gasteiger partial charge in [-0.3, -0.25) is 14.9 Å². The summed E-state index contributed by atoms with van der Waals surface area (Å²) in [6, 6.07) is 7.63. The van der Waals surface area contributed by atoms with E-state index in [4.69, 9.17) is 0 Å². The summed E-state index contributed by atoms with van der Waals surface area (Å²) in [6.07, 6.45) is 1.78. The van der Waals surface area contributed by atoms with E-state index in [0.29, 0.717) is 11.3 Å². The second kappa shape index (κ2) is 6.09. The maximum atomic E-state index is 12.2. The van der Waals surface area contributed by atoms with E-state index in [0.717, 1.165) is 4.47 Å². The smallest absolute Gasteiger partial charge is 0.269 e. The first-order valence-corrected chi connectivity index (χ1v) is 7.05. The number of nitrogens with zero attached hydrogens (tertiary/aromatic N) is 2. The van der Waals surface area contributed by atoms with Gasteiger partial charge in [-0.1, -0.05) is 12.1 Å². The molecule has 1 unspecified atom stereocenters. The van der Waals surface area contributed by atoms with Crippen molar-refractivity contribution >= 4 is 27.5 Å². The van der Waals surface area contributed by atoms with Crippen LogP contribution in [-0.2, 0) is 7.05 Å². The molecule has 0 saturated carbocycles. The van der Waals surface area contributed by atoms with Crippen molar-refractivity contribution in [1.82, 2.24) is 9.88 Å². The highest BCUT2D eigenvalue weighted by molar-refractivity contribution is 9.10. The number of nitrogens with one attached hydrogen (secondary N) is 1. The Bertz CT molecular complexity index is 697. The molecule has 1 N–H and O–H groups in total. The number of aromatic nitrogens is 1. The van der Waals surface area contributed by atoms with E-state index >= 15 is 0 Å². The summed E-state index contributed by atoms with van der Waals surface area (Å²) in [6.45, 7) is 1.79. The normalized spacial score (nSPS) is 12.0. The average Bonchev–Trinajstić information content (AvgIpc) is 2.77. The van der Waals surface area contributed by atoms with Crippen LogP contribution in [0.5, 0.6) is 0 Å². The Morgan fingerprint density at radius 2 is 2.14 bits per heavy atom. The minimum absolute atomic E-state index is 0.00945. The van der Waals surface area contributed by atoms with E-state index in [1.165, 1.54) is 12.1 Å². The van der Waals surface area contributed by atoms with Crippen molar-refractivity contribution in [2.45, 2.75) is 13.0 Å². The van der Waals surface area contributed by atoms with Crippen molar-refractivity contribution in [2.24, 2.45) is 7.05 Å². The highest BCUT2D eigenvalue weighted by atomic mass is 79.9. The van der Waals surface area contributed by atoms with Gasteiger partial charge in [0.25, 0.3) is 11.6 Å². The average molecular weight is 352 g/mol. The van der Waals surface area contributed by atoms with Gasteiger partial charge in [-0.15, -0.1) is 0 Å². The molecule has 1 amide bonds. The molecule has 0 aliphatic carbocycles. The Morgan fingerprint density at radius 3 is 2.71 bits per heavy atom. The Balaban J connectivity index is 2.16. The summed E-state index contributed by atoms with van der Waals surface area (Å²) in [4.78, 5) is 22.5. The van der Waals surface area contributed by atoms with Gasteiger partial charge in [0.1, 0.15) is 5.69 Å². The third-order valence-corrected chi connectivity index (χ3v) is 3.57. The second-order valence-electron chi connectivity index (χ2n) is 4.70. The largest absolute Gasteiger partial charge is 0.345 e. The van der Waals surface area contributed by atoms with E-state index in [-0.39, 0.29) is 17.6 Å². The molecule has 0 fully saturated rings. The fraction of sp³-hybridized carbons (Fsp3) is 0.214. The summed E-state index contributed by atoms with van der Waals surface area (Å²) >= 11 is 3.31. The van der Waals surface area contributed by atoms with Crippen molar-refractivity contribution in [3.63, 3.8) is 0 Å². The number of aryl methyl sites for hydroxylation is 1. The van der Waals surface area contributed by atoms with Crippen LogP contribution in [0, 0.1) is 10.1 Å². The fourth-order valence-electron chi connectivity index (χ4n) is 2.01. The molecular formula is C14H14BrN3O3. The molecule has 110 valence electrons. The van der Waals surface area contributed by atoms with E-state index in [9.17, 15) is 14.9 Å². The van der Waals surface area contributed by atoms with E-state index in [2.05, 4.69) is 21.2 Å². The van der Waals surface area contributed by atoms with Crippen molar-refractivity contribution in [2.75, 3.05) is 0 Å². The summed E-state index contributed by atoms with van der Waals surface area (Å²) in [5.41, 5.74) is 1.21. The maximum Gasteiger partial charge on any atom is 0.269 e. The van der Waals surface area contributed by atoms with Crippen LogP contribution < -0.4 is 5.32 Å². The molecular weight excluding hydrogens is 338 g/mol. The molecule has 2 aromatic rings. The maximum absolute atomic E-state index is 12.2. The quantitative estimate of drug-likeness (QED) is 0.678. The van der Waals surface area contributed by atoms with Gasteiger partial charge in [0.05, 0.1) is 11.0 Å². The molecule has 6 nitrogen and oxygen atoms in total. The SMILES string of the molecule is CC(NC(=O)c1cc(Br)cn1C)c1cccc([N+](=O)[O-])c1. The number of nitro groups is 1. The molecule has 0 aliphatic heterocycles. The van der Waals surface area contributed by atoms with Crippen LogP contribution in [0.3, 0.4) is 0 Å². The summed E-state index contributed by atoms with van der Waals surface area (Å²) < 4.78 is 2.53. The number of hydrogen-bond acceptors (Lipinski definition) is 3. The molecule has 7 heteroatoms. The van der Waals surface area contributed by atoms with Gasteiger partial charge in [-0.2, -0.15) is 0 Å². The number of hydrogen-bond donors (Lipinski definition) is 1.